The van der Waals surface area contributed by atoms with Crippen LogP contribution >= 0.6 is 27.5 Å². The van der Waals surface area contributed by atoms with E-state index in [0.717, 1.165) is 10.0 Å². The average molecular weight is 266 g/mol. The van der Waals surface area contributed by atoms with E-state index in [1.807, 2.05) is 18.2 Å². The lowest BCUT2D eigenvalue weighted by molar-refractivity contribution is -0.0390. The second kappa shape index (κ2) is 5.60. The lowest BCUT2D eigenvalue weighted by Crippen LogP contribution is -1.97. The Morgan fingerprint density at radius 1 is 1.46 bits per heavy atom. The van der Waals surface area contributed by atoms with Crippen LogP contribution in [0.25, 0.3) is 0 Å². The molecule has 0 spiro atoms. The Hall–Kier alpha value is -0.0900. The molecule has 0 aromatic heterocycles. The molecule has 72 valence electrons. The first-order chi connectivity index (χ1) is 6.24. The third-order valence-corrected chi connectivity index (χ3v) is 2.32. The average Bonchev–Trinajstić information content (AvgIpc) is 2.09. The summed E-state index contributed by atoms with van der Waals surface area (Å²) >= 11 is 9.29. The fraction of sp³-hybridized carbons (Fsp3) is 0.333. The minimum atomic E-state index is 0.284. The van der Waals surface area contributed by atoms with Gasteiger partial charge in [-0.1, -0.05) is 33.6 Å². The maximum Gasteiger partial charge on any atom is 0.146 e. The van der Waals surface area contributed by atoms with Crippen LogP contribution in [0.4, 0.5) is 0 Å². The van der Waals surface area contributed by atoms with Crippen LogP contribution in [0.15, 0.2) is 22.7 Å². The molecule has 0 atom stereocenters. The van der Waals surface area contributed by atoms with Gasteiger partial charge in [0.05, 0.1) is 6.61 Å². The molecule has 0 aliphatic carbocycles. The van der Waals surface area contributed by atoms with Crippen molar-refractivity contribution in [2.24, 2.45) is 0 Å². The molecule has 0 heterocycles. The van der Waals surface area contributed by atoms with Crippen LogP contribution in [0.5, 0.6) is 0 Å². The minimum absolute atomic E-state index is 0.284. The Kier molecular flexibility index (Phi) is 4.73. The largest absolute Gasteiger partial charge is 0.359 e. The number of hydrogen-bond acceptors (Lipinski definition) is 2. The summed E-state index contributed by atoms with van der Waals surface area (Å²) in [5.41, 5.74) is 0.960. The molecule has 1 rings (SSSR count). The second-order valence-electron chi connectivity index (χ2n) is 2.49. The smallest absolute Gasteiger partial charge is 0.146 e. The fourth-order valence-electron chi connectivity index (χ4n) is 0.874. The lowest BCUT2D eigenvalue weighted by Gasteiger charge is -2.05. The molecule has 0 unspecified atom stereocenters. The highest BCUT2D eigenvalue weighted by atomic mass is 79.9. The van der Waals surface area contributed by atoms with Crippen LogP contribution in [0.2, 0.25) is 5.02 Å². The number of rotatable bonds is 4. The van der Waals surface area contributed by atoms with Gasteiger partial charge in [0.15, 0.2) is 0 Å². The van der Waals surface area contributed by atoms with Gasteiger partial charge in [0.25, 0.3) is 0 Å². The van der Waals surface area contributed by atoms with E-state index in [4.69, 9.17) is 21.1 Å². The van der Waals surface area contributed by atoms with Crippen LogP contribution < -0.4 is 0 Å². The van der Waals surface area contributed by atoms with Gasteiger partial charge in [-0.25, -0.2) is 0 Å². The van der Waals surface area contributed by atoms with Crippen LogP contribution in [0.3, 0.4) is 0 Å². The highest BCUT2D eigenvalue weighted by Gasteiger charge is 2.00. The summed E-state index contributed by atoms with van der Waals surface area (Å²) in [4.78, 5) is 0. The summed E-state index contributed by atoms with van der Waals surface area (Å²) in [6, 6.07) is 5.69. The quantitative estimate of drug-likeness (QED) is 0.615. The molecule has 4 heteroatoms. The van der Waals surface area contributed by atoms with Crippen LogP contribution in [-0.2, 0) is 16.1 Å². The summed E-state index contributed by atoms with van der Waals surface area (Å²) in [5, 5.41) is 0.700. The summed E-state index contributed by atoms with van der Waals surface area (Å²) in [6.07, 6.45) is 0. The molecule has 1 aromatic carbocycles. The third-order valence-electron chi connectivity index (χ3n) is 1.47. The predicted octanol–water partition coefficient (Wildman–Crippen LogP) is 3.22. The van der Waals surface area contributed by atoms with Crippen molar-refractivity contribution in [3.05, 3.63) is 33.3 Å². The molecule has 0 amide bonds. The van der Waals surface area contributed by atoms with Crippen molar-refractivity contribution in [2.75, 3.05) is 13.9 Å². The highest BCUT2D eigenvalue weighted by Crippen LogP contribution is 2.21. The number of benzene rings is 1. The van der Waals surface area contributed by atoms with Gasteiger partial charge in [0, 0.05) is 16.6 Å². The third kappa shape index (κ3) is 3.65. The normalized spacial score (nSPS) is 10.4. The molecule has 0 N–H and O–H groups in total. The van der Waals surface area contributed by atoms with Crippen molar-refractivity contribution < 1.29 is 9.47 Å². The molecular formula is C9H10BrClO2. The molecule has 1 aromatic rings. The maximum atomic E-state index is 5.96. The number of methoxy groups -OCH3 is 1. The van der Waals surface area contributed by atoms with E-state index in [2.05, 4.69) is 15.9 Å². The van der Waals surface area contributed by atoms with Crippen molar-refractivity contribution >= 4 is 27.5 Å². The molecule has 0 saturated heterocycles. The van der Waals surface area contributed by atoms with E-state index in [1.54, 1.807) is 7.11 Å². The lowest BCUT2D eigenvalue weighted by atomic mass is 10.2. The van der Waals surface area contributed by atoms with E-state index < -0.39 is 0 Å². The molecule has 2 nitrogen and oxygen atoms in total. The molecular weight excluding hydrogens is 255 g/mol. The van der Waals surface area contributed by atoms with Gasteiger partial charge >= 0.3 is 0 Å². The first-order valence-corrected chi connectivity index (χ1v) is 4.91. The summed E-state index contributed by atoms with van der Waals surface area (Å²) in [6.45, 7) is 0.756. The zero-order valence-electron chi connectivity index (χ0n) is 7.22. The molecule has 0 saturated carbocycles. The predicted molar refractivity (Wildman–Crippen MR) is 55.8 cm³/mol. The topological polar surface area (TPSA) is 18.5 Å². The molecule has 13 heavy (non-hydrogen) atoms. The Morgan fingerprint density at radius 3 is 2.85 bits per heavy atom. The van der Waals surface area contributed by atoms with Crippen LogP contribution in [0, 0.1) is 0 Å². The number of halogens is 2. The fourth-order valence-corrected chi connectivity index (χ4v) is 1.60. The van der Waals surface area contributed by atoms with E-state index in [9.17, 15) is 0 Å². The Bertz CT molecular complexity index is 278. The second-order valence-corrected chi connectivity index (χ2v) is 3.81. The molecule has 0 aliphatic heterocycles. The summed E-state index contributed by atoms with van der Waals surface area (Å²) in [7, 11) is 1.59. The molecule has 0 fully saturated rings. The van der Waals surface area contributed by atoms with Gasteiger partial charge in [-0.05, 0) is 17.7 Å². The monoisotopic (exact) mass is 264 g/mol. The first-order valence-electron chi connectivity index (χ1n) is 3.74. The number of hydrogen-bond donors (Lipinski definition) is 0. The van der Waals surface area contributed by atoms with Gasteiger partial charge in [0.2, 0.25) is 0 Å². The zero-order valence-corrected chi connectivity index (χ0v) is 9.56. The summed E-state index contributed by atoms with van der Waals surface area (Å²) < 4.78 is 10.9. The van der Waals surface area contributed by atoms with Crippen molar-refractivity contribution in [3.8, 4) is 0 Å². The van der Waals surface area contributed by atoms with Gasteiger partial charge in [-0.2, -0.15) is 0 Å². The van der Waals surface area contributed by atoms with Gasteiger partial charge in [0.1, 0.15) is 6.79 Å². The maximum absolute atomic E-state index is 5.96. The zero-order chi connectivity index (χ0) is 9.68. The van der Waals surface area contributed by atoms with Crippen LogP contribution in [-0.4, -0.2) is 13.9 Å². The highest BCUT2D eigenvalue weighted by molar-refractivity contribution is 9.10. The standard InChI is InChI=1S/C9H10BrClO2/c1-12-6-13-5-7-2-3-8(10)4-9(7)11/h2-4H,5-6H2,1H3. The van der Waals surface area contributed by atoms with Crippen molar-refractivity contribution in [1.29, 1.82) is 0 Å². The Labute approximate surface area is 90.9 Å². The molecule has 0 radical (unpaired) electrons. The van der Waals surface area contributed by atoms with Crippen molar-refractivity contribution in [2.45, 2.75) is 6.61 Å². The van der Waals surface area contributed by atoms with E-state index in [-0.39, 0.29) is 6.79 Å². The molecule has 0 aliphatic rings. The van der Waals surface area contributed by atoms with E-state index in [1.165, 1.54) is 0 Å². The SMILES string of the molecule is COCOCc1ccc(Br)cc1Cl. The van der Waals surface area contributed by atoms with Crippen LogP contribution in [0.1, 0.15) is 5.56 Å². The summed E-state index contributed by atoms with van der Waals surface area (Å²) in [5.74, 6) is 0. The van der Waals surface area contributed by atoms with E-state index in [0.29, 0.717) is 11.6 Å². The first kappa shape index (κ1) is 11.0. The number of ether oxygens (including phenoxy) is 2. The van der Waals surface area contributed by atoms with Gasteiger partial charge in [-0.3, -0.25) is 0 Å². The van der Waals surface area contributed by atoms with Crippen molar-refractivity contribution in [1.82, 2.24) is 0 Å². The Balaban J connectivity index is 2.56. The molecule has 0 bridgehead atoms. The van der Waals surface area contributed by atoms with E-state index >= 15 is 0 Å². The Morgan fingerprint density at radius 2 is 2.23 bits per heavy atom. The minimum Gasteiger partial charge on any atom is -0.359 e. The van der Waals surface area contributed by atoms with Crippen molar-refractivity contribution in [3.63, 3.8) is 0 Å². The van der Waals surface area contributed by atoms with Gasteiger partial charge in [-0.15, -0.1) is 0 Å². The van der Waals surface area contributed by atoms with Gasteiger partial charge < -0.3 is 9.47 Å².